The van der Waals surface area contributed by atoms with Gasteiger partial charge in [-0.1, -0.05) is 104 Å². The highest BCUT2D eigenvalue weighted by atomic mass is 16.2. The lowest BCUT2D eigenvalue weighted by molar-refractivity contribution is -0.131. The number of unbranched alkanes of at least 4 members (excludes halogenated alkanes) is 13. The Morgan fingerprint density at radius 3 is 1.32 bits per heavy atom. The molecule has 0 rings (SSSR count). The van der Waals surface area contributed by atoms with E-state index in [0.29, 0.717) is 6.42 Å². The minimum absolute atomic E-state index is 0.402. The van der Waals surface area contributed by atoms with Gasteiger partial charge in [-0.25, -0.2) is 0 Å². The Balaban J connectivity index is 3.43. The molecule has 2 unspecified atom stereocenters. The van der Waals surface area contributed by atoms with Crippen molar-refractivity contribution in [2.24, 2.45) is 23.3 Å². The van der Waals surface area contributed by atoms with E-state index in [0.717, 1.165) is 12.8 Å². The monoisotopic (exact) mass is 354 g/mol. The topological polar surface area (TPSA) is 86.2 Å². The fraction of sp³-hybridized carbons (Fsp3) is 0.905. The summed E-state index contributed by atoms with van der Waals surface area (Å²) in [5, 5.41) is 0. The molecule has 0 aromatic heterocycles. The number of primary amides is 2. The van der Waals surface area contributed by atoms with Crippen molar-refractivity contribution in [1.29, 1.82) is 0 Å². The van der Waals surface area contributed by atoms with Gasteiger partial charge in [0.15, 0.2) is 0 Å². The predicted molar refractivity (Wildman–Crippen MR) is 106 cm³/mol. The molecule has 0 saturated heterocycles. The zero-order valence-corrected chi connectivity index (χ0v) is 16.7. The van der Waals surface area contributed by atoms with E-state index in [1.165, 1.54) is 77.0 Å². The van der Waals surface area contributed by atoms with Crippen LogP contribution in [0.2, 0.25) is 0 Å². The number of carbonyl (C=O) groups excluding carboxylic acids is 2. The summed E-state index contributed by atoms with van der Waals surface area (Å²) in [5.74, 6) is -1.70. The van der Waals surface area contributed by atoms with Crippen LogP contribution in [0, 0.1) is 11.8 Å². The molecule has 0 aliphatic heterocycles. The molecule has 4 nitrogen and oxygen atoms in total. The fourth-order valence-corrected chi connectivity index (χ4v) is 3.40. The van der Waals surface area contributed by atoms with Crippen LogP contribution in [0.15, 0.2) is 0 Å². The Labute approximate surface area is 155 Å². The smallest absolute Gasteiger partial charge is 0.221 e. The summed E-state index contributed by atoms with van der Waals surface area (Å²) < 4.78 is 0. The molecule has 0 aliphatic carbocycles. The van der Waals surface area contributed by atoms with Crippen molar-refractivity contribution in [2.45, 2.75) is 110 Å². The maximum absolute atomic E-state index is 11.4. The van der Waals surface area contributed by atoms with Crippen LogP contribution in [0.1, 0.15) is 110 Å². The Kier molecular flexibility index (Phi) is 15.7. The third-order valence-corrected chi connectivity index (χ3v) is 5.29. The van der Waals surface area contributed by atoms with Crippen LogP contribution in [0.4, 0.5) is 0 Å². The van der Waals surface area contributed by atoms with Gasteiger partial charge in [0.1, 0.15) is 0 Å². The third kappa shape index (κ3) is 13.9. The second kappa shape index (κ2) is 16.4. The van der Waals surface area contributed by atoms with E-state index in [-0.39, 0.29) is 0 Å². The number of nitrogens with two attached hydrogens (primary N) is 2. The van der Waals surface area contributed by atoms with Gasteiger partial charge < -0.3 is 11.5 Å². The molecule has 0 aromatic carbocycles. The second-order valence-electron chi connectivity index (χ2n) is 7.58. The molecular weight excluding hydrogens is 312 g/mol. The van der Waals surface area contributed by atoms with E-state index in [1.54, 1.807) is 6.92 Å². The first kappa shape index (κ1) is 23.9. The summed E-state index contributed by atoms with van der Waals surface area (Å²) in [7, 11) is 0. The summed E-state index contributed by atoms with van der Waals surface area (Å²) in [6, 6.07) is 0. The van der Waals surface area contributed by atoms with Gasteiger partial charge in [-0.2, -0.15) is 0 Å². The van der Waals surface area contributed by atoms with Crippen LogP contribution in [0.5, 0.6) is 0 Å². The lowest BCUT2D eigenvalue weighted by Gasteiger charge is -2.18. The van der Waals surface area contributed by atoms with Crippen LogP contribution in [-0.2, 0) is 9.59 Å². The van der Waals surface area contributed by atoms with Crippen LogP contribution in [0.25, 0.3) is 0 Å². The summed E-state index contributed by atoms with van der Waals surface area (Å²) in [6.07, 6.45) is 19.0. The van der Waals surface area contributed by atoms with Gasteiger partial charge in [0.05, 0.1) is 0 Å². The van der Waals surface area contributed by atoms with Crippen molar-refractivity contribution < 1.29 is 9.59 Å². The first-order valence-electron chi connectivity index (χ1n) is 10.6. The van der Waals surface area contributed by atoms with Crippen LogP contribution in [0.3, 0.4) is 0 Å². The average molecular weight is 355 g/mol. The zero-order valence-electron chi connectivity index (χ0n) is 16.7. The summed E-state index contributed by atoms with van der Waals surface area (Å²) in [6.45, 7) is 3.96. The molecule has 0 heterocycles. The van der Waals surface area contributed by atoms with Crippen LogP contribution >= 0.6 is 0 Å². The molecule has 2 atom stereocenters. The van der Waals surface area contributed by atoms with E-state index in [4.69, 9.17) is 11.5 Å². The first-order valence-corrected chi connectivity index (χ1v) is 10.6. The van der Waals surface area contributed by atoms with Gasteiger partial charge >= 0.3 is 0 Å². The Morgan fingerprint density at radius 2 is 1.00 bits per heavy atom. The van der Waals surface area contributed by atoms with Crippen molar-refractivity contribution in [3.05, 3.63) is 0 Å². The van der Waals surface area contributed by atoms with Crippen molar-refractivity contribution >= 4 is 11.8 Å². The summed E-state index contributed by atoms with van der Waals surface area (Å²) in [5.41, 5.74) is 10.7. The van der Waals surface area contributed by atoms with E-state index in [2.05, 4.69) is 6.92 Å². The lowest BCUT2D eigenvalue weighted by Crippen LogP contribution is -2.36. The quantitative estimate of drug-likeness (QED) is 0.336. The molecule has 148 valence electrons. The third-order valence-electron chi connectivity index (χ3n) is 5.29. The van der Waals surface area contributed by atoms with E-state index < -0.39 is 23.7 Å². The average Bonchev–Trinajstić information content (AvgIpc) is 2.57. The Bertz CT molecular complexity index is 345. The van der Waals surface area contributed by atoms with Crippen molar-refractivity contribution in [3.63, 3.8) is 0 Å². The predicted octanol–water partition coefficient (Wildman–Crippen LogP) is 5.08. The summed E-state index contributed by atoms with van der Waals surface area (Å²) >= 11 is 0. The normalized spacial score (nSPS) is 13.5. The van der Waals surface area contributed by atoms with Crippen LogP contribution in [-0.4, -0.2) is 11.8 Å². The van der Waals surface area contributed by atoms with E-state index in [9.17, 15) is 9.59 Å². The maximum Gasteiger partial charge on any atom is 0.221 e. The van der Waals surface area contributed by atoms with Gasteiger partial charge in [-0.05, 0) is 6.42 Å². The number of hydrogen-bond acceptors (Lipinski definition) is 2. The molecule has 2 amide bonds. The SMILES string of the molecule is CCCCCCCCCCCCCCCCC(C(N)=O)C(C)C(N)=O. The minimum Gasteiger partial charge on any atom is -0.369 e. The van der Waals surface area contributed by atoms with Crippen molar-refractivity contribution in [1.82, 2.24) is 0 Å². The van der Waals surface area contributed by atoms with E-state index >= 15 is 0 Å². The van der Waals surface area contributed by atoms with Gasteiger partial charge in [-0.3, -0.25) is 9.59 Å². The fourth-order valence-electron chi connectivity index (χ4n) is 3.40. The first-order chi connectivity index (χ1) is 12.0. The van der Waals surface area contributed by atoms with Gasteiger partial charge in [0.25, 0.3) is 0 Å². The molecule has 25 heavy (non-hydrogen) atoms. The highest BCUT2D eigenvalue weighted by molar-refractivity contribution is 5.85. The number of hydrogen-bond donors (Lipinski definition) is 2. The molecule has 0 aliphatic rings. The molecule has 0 aromatic rings. The molecule has 4 heteroatoms. The molecule has 0 spiro atoms. The largest absolute Gasteiger partial charge is 0.369 e. The number of carbonyl (C=O) groups is 2. The molecular formula is C21H42N2O2. The van der Waals surface area contributed by atoms with Gasteiger partial charge in [-0.15, -0.1) is 0 Å². The van der Waals surface area contributed by atoms with E-state index in [1.807, 2.05) is 0 Å². The van der Waals surface area contributed by atoms with Crippen LogP contribution < -0.4 is 11.5 Å². The zero-order chi connectivity index (χ0) is 18.9. The second-order valence-corrected chi connectivity index (χ2v) is 7.58. The maximum atomic E-state index is 11.4. The molecule has 0 radical (unpaired) electrons. The highest BCUT2D eigenvalue weighted by Crippen LogP contribution is 2.20. The number of rotatable bonds is 18. The van der Waals surface area contributed by atoms with Crippen molar-refractivity contribution in [3.8, 4) is 0 Å². The Hall–Kier alpha value is -1.06. The summed E-state index contributed by atoms with van der Waals surface area (Å²) in [4.78, 5) is 22.6. The number of amides is 2. The van der Waals surface area contributed by atoms with Gasteiger partial charge in [0.2, 0.25) is 11.8 Å². The Morgan fingerprint density at radius 1 is 0.640 bits per heavy atom. The standard InChI is InChI=1S/C21H42N2O2/c1-3-4-5-6-7-8-9-10-11-12-13-14-15-16-17-19(21(23)25)18(2)20(22)24/h18-19H,3-17H2,1-2H3,(H2,22,24)(H2,23,25). The minimum atomic E-state index is -0.459. The molecule has 0 saturated carbocycles. The van der Waals surface area contributed by atoms with Gasteiger partial charge in [0, 0.05) is 11.8 Å². The molecule has 0 fully saturated rings. The van der Waals surface area contributed by atoms with Crippen molar-refractivity contribution in [2.75, 3.05) is 0 Å². The lowest BCUT2D eigenvalue weighted by atomic mass is 9.87. The highest BCUT2D eigenvalue weighted by Gasteiger charge is 2.26. The molecule has 0 bridgehead atoms. The molecule has 4 N–H and O–H groups in total.